The zero-order valence-corrected chi connectivity index (χ0v) is 7.51. The summed E-state index contributed by atoms with van der Waals surface area (Å²) in [5.74, 6) is 0.630. The first kappa shape index (κ1) is 8.02. The summed E-state index contributed by atoms with van der Waals surface area (Å²) in [5, 5.41) is 3.92. The lowest BCUT2D eigenvalue weighted by molar-refractivity contribution is 0.762. The lowest BCUT2D eigenvalue weighted by Gasteiger charge is -2.07. The van der Waals surface area contributed by atoms with Crippen LogP contribution in [0.25, 0.3) is 0 Å². The quantitative estimate of drug-likeness (QED) is 0.671. The summed E-state index contributed by atoms with van der Waals surface area (Å²) >= 11 is 5.79. The van der Waals surface area contributed by atoms with E-state index in [2.05, 4.69) is 10.3 Å². The smallest absolute Gasteiger partial charge is 0.129 e. The van der Waals surface area contributed by atoms with Crippen LogP contribution >= 0.6 is 11.6 Å². The molecule has 1 aromatic rings. The first-order valence-corrected chi connectivity index (χ1v) is 4.56. The van der Waals surface area contributed by atoms with E-state index in [1.807, 2.05) is 12.1 Å². The van der Waals surface area contributed by atoms with E-state index in [1.54, 1.807) is 6.20 Å². The van der Waals surface area contributed by atoms with Crippen LogP contribution in [0.5, 0.6) is 0 Å². The van der Waals surface area contributed by atoms with Crippen molar-refractivity contribution >= 4 is 11.6 Å². The minimum absolute atomic E-state index is 0.597. The first-order valence-electron chi connectivity index (χ1n) is 4.18. The van der Waals surface area contributed by atoms with Crippen LogP contribution in [0.4, 0.5) is 0 Å². The van der Waals surface area contributed by atoms with Crippen molar-refractivity contribution in [2.45, 2.75) is 12.3 Å². The zero-order valence-electron chi connectivity index (χ0n) is 6.76. The molecule has 1 atom stereocenters. The second kappa shape index (κ2) is 3.42. The van der Waals surface area contributed by atoms with Crippen LogP contribution in [-0.4, -0.2) is 18.1 Å². The maximum atomic E-state index is 5.79. The standard InChI is InChI=1S/C9H11ClN2/c10-9-5-7(2-4-12-9)8-1-3-11-6-8/h2,4-5,8,11H,1,3,6H2/t8-/m1/s1. The van der Waals surface area contributed by atoms with Gasteiger partial charge in [-0.3, -0.25) is 0 Å². The summed E-state index contributed by atoms with van der Waals surface area (Å²) < 4.78 is 0. The largest absolute Gasteiger partial charge is 0.316 e. The molecule has 1 N–H and O–H groups in total. The molecule has 0 amide bonds. The second-order valence-electron chi connectivity index (χ2n) is 3.10. The van der Waals surface area contributed by atoms with Gasteiger partial charge in [0.25, 0.3) is 0 Å². The van der Waals surface area contributed by atoms with E-state index in [0.29, 0.717) is 11.1 Å². The predicted molar refractivity (Wildman–Crippen MR) is 49.5 cm³/mol. The Hall–Kier alpha value is -0.600. The second-order valence-corrected chi connectivity index (χ2v) is 3.49. The average Bonchev–Trinajstić information content (AvgIpc) is 2.56. The number of nitrogens with one attached hydrogen (secondary N) is 1. The van der Waals surface area contributed by atoms with Gasteiger partial charge in [0, 0.05) is 12.7 Å². The van der Waals surface area contributed by atoms with Gasteiger partial charge in [0.2, 0.25) is 0 Å². The van der Waals surface area contributed by atoms with Crippen LogP contribution in [0, 0.1) is 0 Å². The molecule has 1 aliphatic heterocycles. The Kier molecular flexibility index (Phi) is 2.28. The molecule has 1 aliphatic rings. The van der Waals surface area contributed by atoms with E-state index in [4.69, 9.17) is 11.6 Å². The number of hydrogen-bond acceptors (Lipinski definition) is 2. The molecule has 64 valence electrons. The molecule has 0 aliphatic carbocycles. The Morgan fingerprint density at radius 2 is 2.50 bits per heavy atom. The molecule has 0 spiro atoms. The monoisotopic (exact) mass is 182 g/mol. The highest BCUT2D eigenvalue weighted by atomic mass is 35.5. The molecule has 2 heterocycles. The van der Waals surface area contributed by atoms with E-state index < -0.39 is 0 Å². The van der Waals surface area contributed by atoms with Crippen LogP contribution in [0.2, 0.25) is 5.15 Å². The number of rotatable bonds is 1. The van der Waals surface area contributed by atoms with E-state index in [-0.39, 0.29) is 0 Å². The van der Waals surface area contributed by atoms with Gasteiger partial charge in [0.15, 0.2) is 0 Å². The molecule has 1 aromatic heterocycles. The number of pyridine rings is 1. The molecule has 2 nitrogen and oxygen atoms in total. The normalized spacial score (nSPS) is 22.9. The lowest BCUT2D eigenvalue weighted by Crippen LogP contribution is -2.07. The van der Waals surface area contributed by atoms with Crippen molar-refractivity contribution in [3.05, 3.63) is 29.0 Å². The van der Waals surface area contributed by atoms with Crippen molar-refractivity contribution in [2.75, 3.05) is 13.1 Å². The summed E-state index contributed by atoms with van der Waals surface area (Å²) in [5.41, 5.74) is 1.31. The van der Waals surface area contributed by atoms with Crippen molar-refractivity contribution in [1.29, 1.82) is 0 Å². The summed E-state index contributed by atoms with van der Waals surface area (Å²) in [4.78, 5) is 3.96. The summed E-state index contributed by atoms with van der Waals surface area (Å²) in [7, 11) is 0. The highest BCUT2D eigenvalue weighted by Crippen LogP contribution is 2.23. The van der Waals surface area contributed by atoms with Gasteiger partial charge in [0.05, 0.1) is 0 Å². The molecule has 0 bridgehead atoms. The SMILES string of the molecule is Clc1cc([C@@H]2CCNC2)ccn1. The third kappa shape index (κ3) is 1.59. The number of hydrogen-bond donors (Lipinski definition) is 1. The van der Waals surface area contributed by atoms with Gasteiger partial charge < -0.3 is 5.32 Å². The van der Waals surface area contributed by atoms with Crippen LogP contribution in [-0.2, 0) is 0 Å². The molecule has 0 unspecified atom stereocenters. The average molecular weight is 183 g/mol. The highest BCUT2D eigenvalue weighted by Gasteiger charge is 2.16. The van der Waals surface area contributed by atoms with Gasteiger partial charge >= 0.3 is 0 Å². The summed E-state index contributed by atoms with van der Waals surface area (Å²) in [6.07, 6.45) is 2.98. The Morgan fingerprint density at radius 3 is 3.17 bits per heavy atom. The van der Waals surface area contributed by atoms with Gasteiger partial charge in [-0.05, 0) is 36.6 Å². The maximum absolute atomic E-state index is 5.79. The van der Waals surface area contributed by atoms with Gasteiger partial charge in [0.1, 0.15) is 5.15 Å². The third-order valence-corrected chi connectivity index (χ3v) is 2.49. The fraction of sp³-hybridized carbons (Fsp3) is 0.444. The molecule has 0 aromatic carbocycles. The fourth-order valence-electron chi connectivity index (χ4n) is 1.61. The minimum atomic E-state index is 0.597. The Bertz CT molecular complexity index is 269. The molecule has 0 saturated carbocycles. The molecule has 12 heavy (non-hydrogen) atoms. The summed E-state index contributed by atoms with van der Waals surface area (Å²) in [6.45, 7) is 2.19. The van der Waals surface area contributed by atoms with Crippen LogP contribution in [0.3, 0.4) is 0 Å². The topological polar surface area (TPSA) is 24.9 Å². The van der Waals surface area contributed by atoms with Crippen LogP contribution in [0.1, 0.15) is 17.9 Å². The zero-order chi connectivity index (χ0) is 8.39. The molecular formula is C9H11ClN2. The van der Waals surface area contributed by atoms with Gasteiger partial charge in [-0.15, -0.1) is 0 Å². The Labute approximate surface area is 77.0 Å². The van der Waals surface area contributed by atoms with E-state index in [9.17, 15) is 0 Å². The van der Waals surface area contributed by atoms with Crippen molar-refractivity contribution in [2.24, 2.45) is 0 Å². The van der Waals surface area contributed by atoms with Crippen LogP contribution in [0.15, 0.2) is 18.3 Å². The van der Waals surface area contributed by atoms with Crippen molar-refractivity contribution < 1.29 is 0 Å². The van der Waals surface area contributed by atoms with Crippen molar-refractivity contribution in [1.82, 2.24) is 10.3 Å². The third-order valence-electron chi connectivity index (χ3n) is 2.28. The summed E-state index contributed by atoms with van der Waals surface area (Å²) in [6, 6.07) is 4.00. The van der Waals surface area contributed by atoms with E-state index in [0.717, 1.165) is 13.1 Å². The number of aromatic nitrogens is 1. The first-order chi connectivity index (χ1) is 5.86. The molecule has 3 heteroatoms. The molecule has 1 saturated heterocycles. The highest BCUT2D eigenvalue weighted by molar-refractivity contribution is 6.29. The van der Waals surface area contributed by atoms with Gasteiger partial charge in [-0.2, -0.15) is 0 Å². The van der Waals surface area contributed by atoms with E-state index >= 15 is 0 Å². The Morgan fingerprint density at radius 1 is 1.58 bits per heavy atom. The molecule has 2 rings (SSSR count). The van der Waals surface area contributed by atoms with Gasteiger partial charge in [-0.25, -0.2) is 4.98 Å². The fourth-order valence-corrected chi connectivity index (χ4v) is 1.79. The molecule has 1 fully saturated rings. The lowest BCUT2D eigenvalue weighted by atomic mass is 10.0. The van der Waals surface area contributed by atoms with E-state index in [1.165, 1.54) is 12.0 Å². The van der Waals surface area contributed by atoms with Crippen molar-refractivity contribution in [3.63, 3.8) is 0 Å². The van der Waals surface area contributed by atoms with Crippen molar-refractivity contribution in [3.8, 4) is 0 Å². The van der Waals surface area contributed by atoms with Gasteiger partial charge in [-0.1, -0.05) is 11.6 Å². The number of nitrogens with zero attached hydrogens (tertiary/aromatic N) is 1. The van der Waals surface area contributed by atoms with Crippen LogP contribution < -0.4 is 5.32 Å². The molecular weight excluding hydrogens is 172 g/mol. The number of halogens is 1. The minimum Gasteiger partial charge on any atom is -0.316 e. The Balaban J connectivity index is 2.21. The predicted octanol–water partition coefficient (Wildman–Crippen LogP) is 1.81. The maximum Gasteiger partial charge on any atom is 0.129 e. The molecule has 0 radical (unpaired) electrons.